The fraction of sp³-hybridized carbons (Fsp3) is 0.783. The smallest absolute Gasteiger partial charge is 0.158 e. The van der Waals surface area contributed by atoms with Crippen molar-refractivity contribution in [2.24, 2.45) is 17.8 Å². The zero-order chi connectivity index (χ0) is 19.7. The van der Waals surface area contributed by atoms with Crippen LogP contribution >= 0.6 is 0 Å². The quantitative estimate of drug-likeness (QED) is 0.325. The minimum absolute atomic E-state index is 0.0237. The van der Waals surface area contributed by atoms with Crippen molar-refractivity contribution in [1.82, 2.24) is 0 Å². The van der Waals surface area contributed by atoms with Crippen LogP contribution in [-0.4, -0.2) is 29.2 Å². The first-order valence-corrected chi connectivity index (χ1v) is 10.4. The molecule has 148 valence electrons. The minimum Gasteiger partial charge on any atom is -0.366 e. The Labute approximate surface area is 160 Å². The molecule has 0 aromatic carbocycles. The average Bonchev–Trinajstić information content (AvgIpc) is 3.49. The van der Waals surface area contributed by atoms with Crippen molar-refractivity contribution in [3.8, 4) is 0 Å². The lowest BCUT2D eigenvalue weighted by atomic mass is 9.66. The molecule has 2 heterocycles. The molecular formula is C23H38O3. The molecule has 0 spiro atoms. The normalized spacial score (nSPS) is 46.6. The topological polar surface area (TPSA) is 42.1 Å². The van der Waals surface area contributed by atoms with E-state index in [1.54, 1.807) is 0 Å². The highest BCUT2D eigenvalue weighted by Gasteiger charge is 2.58. The number of fused-ring (bicyclic) bond motifs is 4. The van der Waals surface area contributed by atoms with E-state index >= 15 is 0 Å². The van der Waals surface area contributed by atoms with Gasteiger partial charge in [0.2, 0.25) is 0 Å². The van der Waals surface area contributed by atoms with Crippen LogP contribution in [0.1, 0.15) is 73.1 Å². The monoisotopic (exact) mass is 362 g/mol. The number of ether oxygens (including phenoxy) is 2. The number of allylic oxidation sites excluding steroid dienone is 1. The predicted molar refractivity (Wildman–Crippen MR) is 107 cm³/mol. The van der Waals surface area contributed by atoms with Gasteiger partial charge in [-0.15, -0.1) is 13.2 Å². The number of ketones is 1. The third-order valence-electron chi connectivity index (χ3n) is 7.07. The summed E-state index contributed by atoms with van der Waals surface area (Å²) < 4.78 is 12.0. The molecule has 3 nitrogen and oxygen atoms in total. The summed E-state index contributed by atoms with van der Waals surface area (Å²) in [5, 5.41) is 0. The largest absolute Gasteiger partial charge is 0.366 e. The van der Waals surface area contributed by atoms with Crippen molar-refractivity contribution in [3.63, 3.8) is 0 Å². The van der Waals surface area contributed by atoms with Gasteiger partial charge in [-0.05, 0) is 69.3 Å². The Morgan fingerprint density at radius 1 is 1.00 bits per heavy atom. The highest BCUT2D eigenvalue weighted by molar-refractivity contribution is 5.96. The van der Waals surface area contributed by atoms with Crippen molar-refractivity contribution >= 4 is 5.78 Å². The fourth-order valence-electron chi connectivity index (χ4n) is 4.96. The van der Waals surface area contributed by atoms with E-state index in [0.29, 0.717) is 36.4 Å². The number of Topliss-reactive ketones (excluding diaryl/α,β-unsaturated/α-hetero) is 1. The molecule has 4 rings (SSSR count). The van der Waals surface area contributed by atoms with Gasteiger partial charge in [0.15, 0.2) is 5.78 Å². The summed E-state index contributed by atoms with van der Waals surface area (Å²) >= 11 is 0. The highest BCUT2D eigenvalue weighted by atomic mass is 16.6. The molecule has 26 heavy (non-hydrogen) atoms. The first-order chi connectivity index (χ1) is 12.3. The Morgan fingerprint density at radius 3 is 2.19 bits per heavy atom. The number of carbonyl (C=O) groups excluding carboxylic acids is 1. The van der Waals surface area contributed by atoms with Crippen LogP contribution in [0.3, 0.4) is 0 Å². The standard InChI is InChI=1S/C19H28O3.C2H6.C2H4/c1-11-13-9-15(20)12(2)14(11)5-7-18(3)16(21-18)6-8-19(4)17(10-13)22-19;2*1-2/h11,13-14,16-17H,2,5-10H2,1,3-4H3;1-2H3;1-2H2. The summed E-state index contributed by atoms with van der Waals surface area (Å²) in [4.78, 5) is 12.4. The Hall–Kier alpha value is -0.930. The molecular weight excluding hydrogens is 324 g/mol. The zero-order valence-electron chi connectivity index (χ0n) is 17.5. The fourth-order valence-corrected chi connectivity index (χ4v) is 4.96. The van der Waals surface area contributed by atoms with Crippen LogP contribution in [-0.2, 0) is 14.3 Å². The summed E-state index contributed by atoms with van der Waals surface area (Å²) in [6.07, 6.45) is 6.71. The molecule has 0 N–H and O–H groups in total. The van der Waals surface area contributed by atoms with Gasteiger partial charge >= 0.3 is 0 Å². The van der Waals surface area contributed by atoms with Gasteiger partial charge in [-0.1, -0.05) is 27.4 Å². The summed E-state index contributed by atoms with van der Waals surface area (Å²) in [5.41, 5.74) is 0.912. The van der Waals surface area contributed by atoms with Crippen LogP contribution in [0.4, 0.5) is 0 Å². The lowest BCUT2D eigenvalue weighted by Crippen LogP contribution is -2.35. The molecule has 4 fully saturated rings. The molecule has 3 heteroatoms. The van der Waals surface area contributed by atoms with E-state index in [1.165, 1.54) is 0 Å². The average molecular weight is 363 g/mol. The Kier molecular flexibility index (Phi) is 6.56. The van der Waals surface area contributed by atoms with Gasteiger partial charge in [-0.3, -0.25) is 4.79 Å². The molecule has 7 unspecified atom stereocenters. The van der Waals surface area contributed by atoms with Gasteiger partial charge in [0.25, 0.3) is 0 Å². The summed E-state index contributed by atoms with van der Waals surface area (Å²) in [5.74, 6) is 1.60. The maximum absolute atomic E-state index is 12.4. The summed E-state index contributed by atoms with van der Waals surface area (Å²) in [6, 6.07) is 0. The van der Waals surface area contributed by atoms with E-state index in [9.17, 15) is 4.79 Å². The van der Waals surface area contributed by atoms with Gasteiger partial charge in [-0.2, -0.15) is 0 Å². The van der Waals surface area contributed by atoms with Gasteiger partial charge < -0.3 is 9.47 Å². The second kappa shape index (κ2) is 7.98. The maximum atomic E-state index is 12.4. The number of carbonyl (C=O) groups is 1. The van der Waals surface area contributed by atoms with Crippen LogP contribution in [0, 0.1) is 17.8 Å². The summed E-state index contributed by atoms with van der Waals surface area (Å²) in [7, 11) is 0. The van der Waals surface area contributed by atoms with E-state index in [-0.39, 0.29) is 17.0 Å². The van der Waals surface area contributed by atoms with Crippen LogP contribution in [0.2, 0.25) is 0 Å². The van der Waals surface area contributed by atoms with Crippen LogP contribution in [0.5, 0.6) is 0 Å². The van der Waals surface area contributed by atoms with E-state index in [2.05, 4.69) is 40.5 Å². The van der Waals surface area contributed by atoms with Crippen molar-refractivity contribution in [2.45, 2.75) is 96.6 Å². The van der Waals surface area contributed by atoms with Crippen LogP contribution in [0.25, 0.3) is 0 Å². The molecule has 4 aliphatic rings. The summed E-state index contributed by atoms with van der Waals surface area (Å²) in [6.45, 7) is 20.9. The molecule has 2 aliphatic carbocycles. The van der Waals surface area contributed by atoms with E-state index in [4.69, 9.17) is 9.47 Å². The lowest BCUT2D eigenvalue weighted by Gasteiger charge is -2.37. The third kappa shape index (κ3) is 3.99. The molecule has 7 atom stereocenters. The SMILES string of the molecule is C=C.C=C1C(=O)CC2CC3OC3(C)CCC3OC3(C)CCC1C2C.CC. The van der Waals surface area contributed by atoms with Crippen LogP contribution in [0.15, 0.2) is 25.3 Å². The van der Waals surface area contributed by atoms with Crippen molar-refractivity contribution < 1.29 is 14.3 Å². The minimum atomic E-state index is 0.0237. The lowest BCUT2D eigenvalue weighted by molar-refractivity contribution is -0.119. The molecule has 0 aromatic rings. The number of rotatable bonds is 0. The molecule has 2 bridgehead atoms. The van der Waals surface area contributed by atoms with Crippen molar-refractivity contribution in [2.75, 3.05) is 0 Å². The predicted octanol–water partition coefficient (Wildman–Crippen LogP) is 5.49. The maximum Gasteiger partial charge on any atom is 0.158 e. The molecule has 2 saturated carbocycles. The molecule has 0 amide bonds. The van der Waals surface area contributed by atoms with Gasteiger partial charge in [0.05, 0.1) is 23.4 Å². The first kappa shape index (κ1) is 21.4. The Balaban J connectivity index is 0.000000570. The van der Waals surface area contributed by atoms with Gasteiger partial charge in [-0.25, -0.2) is 0 Å². The molecule has 2 aliphatic heterocycles. The molecule has 0 aromatic heterocycles. The van der Waals surface area contributed by atoms with Gasteiger partial charge in [0.1, 0.15) is 0 Å². The van der Waals surface area contributed by atoms with Crippen LogP contribution < -0.4 is 0 Å². The van der Waals surface area contributed by atoms with E-state index in [1.807, 2.05) is 13.8 Å². The molecule has 0 radical (unpaired) electrons. The van der Waals surface area contributed by atoms with Crippen molar-refractivity contribution in [1.29, 1.82) is 0 Å². The third-order valence-corrected chi connectivity index (χ3v) is 7.07. The Morgan fingerprint density at radius 2 is 1.54 bits per heavy atom. The zero-order valence-corrected chi connectivity index (χ0v) is 17.5. The molecule has 2 saturated heterocycles. The second-order valence-corrected chi connectivity index (χ2v) is 8.53. The second-order valence-electron chi connectivity index (χ2n) is 8.53. The number of hydrogen-bond donors (Lipinski definition) is 0. The number of epoxide rings is 2. The van der Waals surface area contributed by atoms with E-state index in [0.717, 1.165) is 37.7 Å². The van der Waals surface area contributed by atoms with E-state index < -0.39 is 0 Å². The highest BCUT2D eigenvalue weighted by Crippen LogP contribution is 2.53. The van der Waals surface area contributed by atoms with Crippen molar-refractivity contribution in [3.05, 3.63) is 25.3 Å². The first-order valence-electron chi connectivity index (χ1n) is 10.4. The number of hydrogen-bond acceptors (Lipinski definition) is 3. The Bertz CT molecular complexity index is 542. The van der Waals surface area contributed by atoms with Gasteiger partial charge in [0, 0.05) is 6.42 Å².